The third-order valence-electron chi connectivity index (χ3n) is 3.78. The van der Waals surface area contributed by atoms with Crippen LogP contribution in [0.3, 0.4) is 0 Å². The van der Waals surface area contributed by atoms with E-state index in [1.165, 1.54) is 0 Å². The molecule has 0 aromatic carbocycles. The summed E-state index contributed by atoms with van der Waals surface area (Å²) in [6.07, 6.45) is -2.31. The van der Waals surface area contributed by atoms with Crippen molar-refractivity contribution in [3.8, 4) is 0 Å². The summed E-state index contributed by atoms with van der Waals surface area (Å²) in [5, 5.41) is 10.4. The van der Waals surface area contributed by atoms with E-state index in [1.54, 1.807) is 27.7 Å². The molecule has 0 radical (unpaired) electrons. The second kappa shape index (κ2) is 6.85. The second-order valence-corrected chi connectivity index (χ2v) is 8.27. The number of aliphatic hydroxyl groups is 1. The average molecular weight is 338 g/mol. The summed E-state index contributed by atoms with van der Waals surface area (Å²) in [4.78, 5) is 0. The van der Waals surface area contributed by atoms with Crippen LogP contribution in [0, 0.1) is 5.92 Å². The molecule has 0 aromatic heterocycles. The molecule has 2 unspecified atom stereocenters. The normalized spacial score (nSPS) is 35.5. The van der Waals surface area contributed by atoms with Crippen LogP contribution in [0.15, 0.2) is 0 Å². The number of aliphatic hydroxyl groups excluding tert-OH is 1. The molecule has 2 saturated heterocycles. The highest BCUT2D eigenvalue weighted by Gasteiger charge is 2.55. The van der Waals surface area contributed by atoms with Gasteiger partial charge in [-0.05, 0) is 33.6 Å². The number of rotatable bonds is 7. The first kappa shape index (κ1) is 18.3. The molecule has 2 aliphatic rings. The van der Waals surface area contributed by atoms with Gasteiger partial charge in [0.05, 0.1) is 25.5 Å². The molecule has 0 aliphatic carbocycles. The summed E-state index contributed by atoms with van der Waals surface area (Å²) in [6, 6.07) is 0. The lowest BCUT2D eigenvalue weighted by molar-refractivity contribution is -0.219. The lowest BCUT2D eigenvalue weighted by Gasteiger charge is -2.28. The minimum Gasteiger partial charge on any atom is -0.387 e. The summed E-state index contributed by atoms with van der Waals surface area (Å²) >= 11 is 0. The van der Waals surface area contributed by atoms with Gasteiger partial charge < -0.3 is 28.4 Å². The Morgan fingerprint density at radius 3 is 2.32 bits per heavy atom. The van der Waals surface area contributed by atoms with E-state index in [4.69, 9.17) is 23.3 Å². The number of hydrogen-bond donors (Lipinski definition) is 1. The molecule has 0 saturated carbocycles. The second-order valence-electron chi connectivity index (χ2n) is 6.17. The van der Waals surface area contributed by atoms with Crippen molar-refractivity contribution >= 4 is 7.60 Å². The maximum Gasteiger partial charge on any atom is 0.331 e. The van der Waals surface area contributed by atoms with Crippen molar-refractivity contribution in [1.29, 1.82) is 0 Å². The van der Waals surface area contributed by atoms with Crippen LogP contribution in [-0.2, 0) is 27.8 Å². The van der Waals surface area contributed by atoms with E-state index in [-0.39, 0.29) is 12.1 Å². The van der Waals surface area contributed by atoms with Crippen LogP contribution in [0.4, 0.5) is 0 Å². The standard InChI is InChI=1S/C14H27O7P/c1-6-17-22(16,18-7-2)8-9(3)11-10(15)12-13(19-11)21-14(4,5)20-12/h9-13,15H,6-8H2,1-5H3/t9-,10+,11?,12+,13?/m0/s1. The summed E-state index contributed by atoms with van der Waals surface area (Å²) < 4.78 is 40.2. The highest BCUT2D eigenvalue weighted by atomic mass is 31.2. The fourth-order valence-electron chi connectivity index (χ4n) is 2.98. The molecule has 2 heterocycles. The van der Waals surface area contributed by atoms with E-state index in [0.29, 0.717) is 13.2 Å². The number of hydrogen-bond acceptors (Lipinski definition) is 7. The molecule has 0 spiro atoms. The van der Waals surface area contributed by atoms with Crippen LogP contribution in [0.25, 0.3) is 0 Å². The van der Waals surface area contributed by atoms with E-state index >= 15 is 0 Å². The summed E-state index contributed by atoms with van der Waals surface area (Å²) in [7, 11) is -3.18. The van der Waals surface area contributed by atoms with Crippen molar-refractivity contribution in [2.24, 2.45) is 5.92 Å². The zero-order chi connectivity index (χ0) is 16.5. The van der Waals surface area contributed by atoms with Crippen molar-refractivity contribution in [3.63, 3.8) is 0 Å². The fourth-order valence-corrected chi connectivity index (χ4v) is 4.96. The Kier molecular flexibility index (Phi) is 5.71. The zero-order valence-electron chi connectivity index (χ0n) is 13.9. The Morgan fingerprint density at radius 2 is 1.82 bits per heavy atom. The summed E-state index contributed by atoms with van der Waals surface area (Å²) in [6.45, 7) is 9.56. The Labute approximate surface area is 131 Å². The first-order chi connectivity index (χ1) is 10.2. The molecule has 0 aromatic rings. The van der Waals surface area contributed by atoms with Gasteiger partial charge in [-0.1, -0.05) is 6.92 Å². The molecule has 2 aliphatic heterocycles. The molecule has 1 N–H and O–H groups in total. The van der Waals surface area contributed by atoms with Gasteiger partial charge in [0.2, 0.25) is 0 Å². The third-order valence-corrected chi connectivity index (χ3v) is 6.10. The molecule has 0 amide bonds. The van der Waals surface area contributed by atoms with E-state index in [1.807, 2.05) is 6.92 Å². The van der Waals surface area contributed by atoms with Gasteiger partial charge in [-0.3, -0.25) is 4.57 Å². The van der Waals surface area contributed by atoms with Crippen molar-refractivity contribution in [1.82, 2.24) is 0 Å². The van der Waals surface area contributed by atoms with Gasteiger partial charge in [0, 0.05) is 0 Å². The monoisotopic (exact) mass is 338 g/mol. The molecule has 22 heavy (non-hydrogen) atoms. The Morgan fingerprint density at radius 1 is 1.23 bits per heavy atom. The number of ether oxygens (including phenoxy) is 3. The minimum atomic E-state index is -3.18. The first-order valence-electron chi connectivity index (χ1n) is 7.78. The zero-order valence-corrected chi connectivity index (χ0v) is 14.7. The van der Waals surface area contributed by atoms with Crippen LogP contribution < -0.4 is 0 Å². The predicted octanol–water partition coefficient (Wildman–Crippen LogP) is 2.13. The van der Waals surface area contributed by atoms with Crippen LogP contribution >= 0.6 is 7.60 Å². The van der Waals surface area contributed by atoms with Gasteiger partial charge in [0.15, 0.2) is 12.1 Å². The maximum atomic E-state index is 12.6. The Bertz CT molecular complexity index is 417. The lowest BCUT2D eigenvalue weighted by Crippen LogP contribution is -2.38. The predicted molar refractivity (Wildman–Crippen MR) is 79.6 cm³/mol. The Balaban J connectivity index is 1.99. The van der Waals surface area contributed by atoms with Crippen molar-refractivity contribution < 1.29 is 32.9 Å². The summed E-state index contributed by atoms with van der Waals surface area (Å²) in [5.41, 5.74) is 0. The van der Waals surface area contributed by atoms with E-state index in [0.717, 1.165) is 0 Å². The quantitative estimate of drug-likeness (QED) is 0.712. The molecule has 130 valence electrons. The topological polar surface area (TPSA) is 83.5 Å². The largest absolute Gasteiger partial charge is 0.387 e. The first-order valence-corrected chi connectivity index (χ1v) is 9.51. The van der Waals surface area contributed by atoms with Crippen LogP contribution in [-0.4, -0.2) is 54.9 Å². The fraction of sp³-hybridized carbons (Fsp3) is 1.00. The molecule has 2 rings (SSSR count). The minimum absolute atomic E-state index is 0.180. The van der Waals surface area contributed by atoms with Crippen LogP contribution in [0.1, 0.15) is 34.6 Å². The molecule has 5 atom stereocenters. The van der Waals surface area contributed by atoms with Crippen LogP contribution in [0.5, 0.6) is 0 Å². The number of fused-ring (bicyclic) bond motifs is 1. The molecule has 7 nitrogen and oxygen atoms in total. The van der Waals surface area contributed by atoms with Gasteiger partial charge in [-0.15, -0.1) is 0 Å². The third kappa shape index (κ3) is 3.90. The van der Waals surface area contributed by atoms with Crippen molar-refractivity contribution in [3.05, 3.63) is 0 Å². The van der Waals surface area contributed by atoms with Crippen LogP contribution in [0.2, 0.25) is 0 Å². The van der Waals surface area contributed by atoms with Gasteiger partial charge in [-0.2, -0.15) is 0 Å². The van der Waals surface area contributed by atoms with E-state index < -0.39 is 38.0 Å². The SMILES string of the molecule is CCOP(=O)(C[C@H](C)C1OC2OC(C)(C)O[C@@H]2[C@@H]1O)OCC. The molecule has 8 heteroatoms. The van der Waals surface area contributed by atoms with Gasteiger partial charge in [0.1, 0.15) is 12.2 Å². The Hall–Kier alpha value is -0.0100. The molecular weight excluding hydrogens is 311 g/mol. The molecule has 2 fully saturated rings. The highest BCUT2D eigenvalue weighted by molar-refractivity contribution is 7.53. The van der Waals surface area contributed by atoms with Crippen molar-refractivity contribution in [2.75, 3.05) is 19.4 Å². The molecule has 0 bridgehead atoms. The maximum absolute atomic E-state index is 12.6. The smallest absolute Gasteiger partial charge is 0.331 e. The molecular formula is C14H27O7P. The van der Waals surface area contributed by atoms with E-state index in [2.05, 4.69) is 0 Å². The van der Waals surface area contributed by atoms with Gasteiger partial charge >= 0.3 is 7.60 Å². The highest BCUT2D eigenvalue weighted by Crippen LogP contribution is 2.51. The lowest BCUT2D eigenvalue weighted by atomic mass is 10.0. The average Bonchev–Trinajstić information content (AvgIpc) is 2.84. The summed E-state index contributed by atoms with van der Waals surface area (Å²) in [5.74, 6) is -0.990. The van der Waals surface area contributed by atoms with Gasteiger partial charge in [0.25, 0.3) is 0 Å². The van der Waals surface area contributed by atoms with Gasteiger partial charge in [-0.25, -0.2) is 0 Å². The van der Waals surface area contributed by atoms with E-state index in [9.17, 15) is 9.67 Å². The van der Waals surface area contributed by atoms with Crippen molar-refractivity contribution in [2.45, 2.75) is 65.0 Å².